The molecule has 0 bridgehead atoms. The highest BCUT2D eigenvalue weighted by atomic mass is 35.5. The number of rotatable bonds is 7. The first kappa shape index (κ1) is 21.5. The van der Waals surface area contributed by atoms with E-state index in [0.717, 1.165) is 11.3 Å². The standard InChI is InChI=1S/C22H24ClN5O2/c1-14(2)20(27-21(29)17-4-8-18(23)9-5-17)22(30)26-15(3)16-6-10-19(11-7-16)28-13-24-12-25-28/h4-15,20H,1-3H3,(H,26,30)(H,27,29). The number of carbonyl (C=O) groups excluding carboxylic acids is 2. The van der Waals surface area contributed by atoms with E-state index in [-0.39, 0.29) is 23.8 Å². The molecule has 0 saturated carbocycles. The van der Waals surface area contributed by atoms with Crippen LogP contribution in [0.25, 0.3) is 5.69 Å². The second-order valence-corrected chi connectivity index (χ2v) is 7.80. The summed E-state index contributed by atoms with van der Waals surface area (Å²) in [6.07, 6.45) is 3.10. The maximum absolute atomic E-state index is 12.9. The second kappa shape index (κ2) is 9.54. The third kappa shape index (κ3) is 5.24. The molecule has 0 aliphatic heterocycles. The number of hydrogen-bond donors (Lipinski definition) is 2. The second-order valence-electron chi connectivity index (χ2n) is 7.36. The number of amides is 2. The average molecular weight is 426 g/mol. The molecule has 0 fully saturated rings. The molecule has 0 aliphatic carbocycles. The third-order valence-corrected chi connectivity index (χ3v) is 5.03. The number of aromatic nitrogens is 3. The molecule has 7 nitrogen and oxygen atoms in total. The fourth-order valence-corrected chi connectivity index (χ4v) is 3.13. The lowest BCUT2D eigenvalue weighted by atomic mass is 10.0. The average Bonchev–Trinajstić information content (AvgIpc) is 3.27. The molecule has 2 unspecified atom stereocenters. The molecular weight excluding hydrogens is 402 g/mol. The van der Waals surface area contributed by atoms with Gasteiger partial charge in [0.2, 0.25) is 5.91 Å². The van der Waals surface area contributed by atoms with Gasteiger partial charge in [0.05, 0.1) is 11.7 Å². The molecule has 2 amide bonds. The molecule has 0 aliphatic rings. The van der Waals surface area contributed by atoms with Crippen LogP contribution in [0, 0.1) is 5.92 Å². The van der Waals surface area contributed by atoms with Gasteiger partial charge in [-0.25, -0.2) is 9.67 Å². The Morgan fingerprint density at radius 2 is 1.63 bits per heavy atom. The number of halogens is 1. The lowest BCUT2D eigenvalue weighted by Crippen LogP contribution is -2.50. The SMILES string of the molecule is CC(NC(=O)C(NC(=O)c1ccc(Cl)cc1)C(C)C)c1ccc(-n2cncn2)cc1. The zero-order chi connectivity index (χ0) is 21.7. The molecule has 3 rings (SSSR count). The van der Waals surface area contributed by atoms with Gasteiger partial charge in [-0.3, -0.25) is 9.59 Å². The van der Waals surface area contributed by atoms with Gasteiger partial charge in [-0.1, -0.05) is 37.6 Å². The van der Waals surface area contributed by atoms with Crippen LogP contribution in [0.3, 0.4) is 0 Å². The van der Waals surface area contributed by atoms with Crippen molar-refractivity contribution in [3.8, 4) is 5.69 Å². The van der Waals surface area contributed by atoms with Crippen molar-refractivity contribution in [3.05, 3.63) is 77.3 Å². The van der Waals surface area contributed by atoms with E-state index < -0.39 is 6.04 Å². The molecule has 0 spiro atoms. The Kier molecular flexibility index (Phi) is 6.84. The quantitative estimate of drug-likeness (QED) is 0.605. The van der Waals surface area contributed by atoms with E-state index in [1.54, 1.807) is 35.3 Å². The lowest BCUT2D eigenvalue weighted by molar-refractivity contribution is -0.124. The van der Waals surface area contributed by atoms with Gasteiger partial charge < -0.3 is 10.6 Å². The third-order valence-electron chi connectivity index (χ3n) is 4.78. The Morgan fingerprint density at radius 1 is 0.967 bits per heavy atom. The molecule has 1 aromatic heterocycles. The zero-order valence-corrected chi connectivity index (χ0v) is 17.8. The van der Waals surface area contributed by atoms with Crippen LogP contribution in [0.1, 0.15) is 42.7 Å². The van der Waals surface area contributed by atoms with Crippen molar-refractivity contribution >= 4 is 23.4 Å². The Balaban J connectivity index is 1.65. The lowest BCUT2D eigenvalue weighted by Gasteiger charge is -2.24. The van der Waals surface area contributed by atoms with Crippen LogP contribution in [0.2, 0.25) is 5.02 Å². The number of nitrogens with one attached hydrogen (secondary N) is 2. The molecule has 3 aromatic rings. The Morgan fingerprint density at radius 3 is 2.20 bits per heavy atom. The highest BCUT2D eigenvalue weighted by Gasteiger charge is 2.26. The van der Waals surface area contributed by atoms with Crippen molar-refractivity contribution in [2.24, 2.45) is 5.92 Å². The Labute approximate surface area is 180 Å². The summed E-state index contributed by atoms with van der Waals surface area (Å²) in [5.74, 6) is -0.631. The maximum Gasteiger partial charge on any atom is 0.251 e. The minimum absolute atomic E-state index is 0.0804. The van der Waals surface area contributed by atoms with Crippen LogP contribution >= 0.6 is 11.6 Å². The van der Waals surface area contributed by atoms with Gasteiger partial charge in [0.25, 0.3) is 5.91 Å². The summed E-state index contributed by atoms with van der Waals surface area (Å²) in [6, 6.07) is 13.3. The molecular formula is C22H24ClN5O2. The molecule has 2 aromatic carbocycles. The zero-order valence-electron chi connectivity index (χ0n) is 17.0. The Hall–Kier alpha value is -3.19. The highest BCUT2D eigenvalue weighted by molar-refractivity contribution is 6.30. The molecule has 2 atom stereocenters. The smallest absolute Gasteiger partial charge is 0.251 e. The fourth-order valence-electron chi connectivity index (χ4n) is 3.00. The van der Waals surface area contributed by atoms with Crippen LogP contribution in [0.4, 0.5) is 0 Å². The predicted octanol–water partition coefficient (Wildman–Crippen LogP) is 3.55. The van der Waals surface area contributed by atoms with Crippen LogP contribution in [-0.2, 0) is 4.79 Å². The first-order valence-corrected chi connectivity index (χ1v) is 10.0. The van der Waals surface area contributed by atoms with Crippen molar-refractivity contribution in [1.82, 2.24) is 25.4 Å². The molecule has 1 heterocycles. The Bertz CT molecular complexity index is 985. The highest BCUT2D eigenvalue weighted by Crippen LogP contribution is 2.16. The van der Waals surface area contributed by atoms with Gasteiger partial charge in [0.1, 0.15) is 18.7 Å². The topological polar surface area (TPSA) is 88.9 Å². The first-order chi connectivity index (χ1) is 14.3. The van der Waals surface area contributed by atoms with E-state index in [4.69, 9.17) is 11.6 Å². The van der Waals surface area contributed by atoms with E-state index in [0.29, 0.717) is 10.6 Å². The van der Waals surface area contributed by atoms with Gasteiger partial charge in [0, 0.05) is 10.6 Å². The van der Waals surface area contributed by atoms with Gasteiger partial charge in [-0.15, -0.1) is 0 Å². The maximum atomic E-state index is 12.9. The van der Waals surface area contributed by atoms with Crippen molar-refractivity contribution < 1.29 is 9.59 Å². The van der Waals surface area contributed by atoms with Crippen LogP contribution < -0.4 is 10.6 Å². The largest absolute Gasteiger partial charge is 0.348 e. The summed E-state index contributed by atoms with van der Waals surface area (Å²) in [6.45, 7) is 5.69. The number of nitrogens with zero attached hydrogens (tertiary/aromatic N) is 3. The van der Waals surface area contributed by atoms with Crippen LogP contribution in [-0.4, -0.2) is 32.6 Å². The summed E-state index contributed by atoms with van der Waals surface area (Å²) >= 11 is 5.87. The van der Waals surface area contributed by atoms with E-state index >= 15 is 0 Å². The minimum Gasteiger partial charge on any atom is -0.348 e. The summed E-state index contributed by atoms with van der Waals surface area (Å²) in [5.41, 5.74) is 2.28. The van der Waals surface area contributed by atoms with E-state index in [1.165, 1.54) is 6.33 Å². The monoisotopic (exact) mass is 425 g/mol. The number of carbonyl (C=O) groups is 2. The minimum atomic E-state index is -0.662. The van der Waals surface area contributed by atoms with Crippen LogP contribution in [0.5, 0.6) is 0 Å². The molecule has 30 heavy (non-hydrogen) atoms. The van der Waals surface area contributed by atoms with Gasteiger partial charge in [-0.2, -0.15) is 5.10 Å². The molecule has 0 radical (unpaired) electrons. The van der Waals surface area contributed by atoms with Crippen molar-refractivity contribution in [1.29, 1.82) is 0 Å². The summed E-state index contributed by atoms with van der Waals surface area (Å²) in [5, 5.41) is 10.5. The first-order valence-electron chi connectivity index (χ1n) is 9.67. The van der Waals surface area contributed by atoms with E-state index in [2.05, 4.69) is 20.7 Å². The molecule has 156 valence electrons. The predicted molar refractivity (Wildman–Crippen MR) is 115 cm³/mol. The summed E-state index contributed by atoms with van der Waals surface area (Å²) in [4.78, 5) is 29.3. The van der Waals surface area contributed by atoms with Gasteiger partial charge in [-0.05, 0) is 54.8 Å². The van der Waals surface area contributed by atoms with Crippen LogP contribution in [0.15, 0.2) is 61.2 Å². The molecule has 2 N–H and O–H groups in total. The van der Waals surface area contributed by atoms with Crippen molar-refractivity contribution in [3.63, 3.8) is 0 Å². The van der Waals surface area contributed by atoms with E-state index in [9.17, 15) is 9.59 Å². The normalized spacial score (nSPS) is 13.0. The summed E-state index contributed by atoms with van der Waals surface area (Å²) in [7, 11) is 0. The number of hydrogen-bond acceptors (Lipinski definition) is 4. The van der Waals surface area contributed by atoms with Crippen molar-refractivity contribution in [2.75, 3.05) is 0 Å². The summed E-state index contributed by atoms with van der Waals surface area (Å²) < 4.78 is 1.66. The number of benzene rings is 2. The molecule has 0 saturated heterocycles. The molecule has 8 heteroatoms. The van der Waals surface area contributed by atoms with Gasteiger partial charge in [0.15, 0.2) is 0 Å². The van der Waals surface area contributed by atoms with Gasteiger partial charge >= 0.3 is 0 Å². The fraction of sp³-hybridized carbons (Fsp3) is 0.273. The van der Waals surface area contributed by atoms with E-state index in [1.807, 2.05) is 45.0 Å². The van der Waals surface area contributed by atoms with Crippen molar-refractivity contribution in [2.45, 2.75) is 32.9 Å².